The lowest BCUT2D eigenvalue weighted by molar-refractivity contribution is 0.417. The van der Waals surface area contributed by atoms with E-state index in [1.54, 1.807) is 0 Å². The van der Waals surface area contributed by atoms with Crippen molar-refractivity contribution in [1.82, 2.24) is 9.55 Å². The zero-order chi connectivity index (χ0) is 15.7. The predicted octanol–water partition coefficient (Wildman–Crippen LogP) is 1.91. The summed E-state index contributed by atoms with van der Waals surface area (Å²) in [6, 6.07) is 3.79. The number of hydrogen-bond acceptors (Lipinski definition) is 4. The van der Waals surface area contributed by atoms with E-state index in [4.69, 9.17) is 0 Å². The SMILES string of the molecule is Cc1cc(N=Cc2c(O)n(C)c(=O)[nH]c2=O)c(C)cc1Br. The van der Waals surface area contributed by atoms with Gasteiger partial charge in [-0.1, -0.05) is 15.9 Å². The van der Waals surface area contributed by atoms with E-state index in [0.29, 0.717) is 5.69 Å². The molecule has 0 saturated carbocycles. The molecule has 2 aromatic rings. The monoisotopic (exact) mass is 351 g/mol. The number of H-pyrrole nitrogens is 1. The summed E-state index contributed by atoms with van der Waals surface area (Å²) in [5.74, 6) is -0.418. The molecular formula is C14H14BrN3O3. The highest BCUT2D eigenvalue weighted by Gasteiger charge is 2.10. The molecule has 0 aliphatic rings. The molecule has 0 atom stereocenters. The number of nitrogens with zero attached hydrogens (tertiary/aromatic N) is 2. The van der Waals surface area contributed by atoms with Gasteiger partial charge in [-0.25, -0.2) is 4.79 Å². The third kappa shape index (κ3) is 2.97. The zero-order valence-electron chi connectivity index (χ0n) is 11.8. The molecule has 2 rings (SSSR count). The molecule has 7 heteroatoms. The number of halogens is 1. The van der Waals surface area contributed by atoms with E-state index in [1.807, 2.05) is 26.0 Å². The molecule has 0 unspecified atom stereocenters. The standard InChI is InChI=1S/C14H14BrN3O3/c1-7-5-11(8(2)4-10(7)15)16-6-9-12(19)17-14(21)18(3)13(9)20/h4-6,20H,1-3H3,(H,17,19,21). The summed E-state index contributed by atoms with van der Waals surface area (Å²) in [6.45, 7) is 3.82. The second kappa shape index (κ2) is 5.69. The largest absolute Gasteiger partial charge is 0.494 e. The highest BCUT2D eigenvalue weighted by atomic mass is 79.9. The summed E-state index contributed by atoms with van der Waals surface area (Å²) in [6.07, 6.45) is 1.25. The Kier molecular flexibility index (Phi) is 4.13. The van der Waals surface area contributed by atoms with Crippen molar-refractivity contribution in [1.29, 1.82) is 0 Å². The number of nitrogens with one attached hydrogen (secondary N) is 1. The second-order valence-electron chi connectivity index (χ2n) is 4.70. The molecule has 2 N–H and O–H groups in total. The number of aromatic amines is 1. The van der Waals surface area contributed by atoms with Crippen LogP contribution in [0.1, 0.15) is 16.7 Å². The summed E-state index contributed by atoms with van der Waals surface area (Å²) in [4.78, 5) is 29.4. The van der Waals surface area contributed by atoms with Crippen LogP contribution >= 0.6 is 15.9 Å². The number of aryl methyl sites for hydroxylation is 2. The summed E-state index contributed by atoms with van der Waals surface area (Å²) >= 11 is 3.43. The molecule has 0 saturated heterocycles. The van der Waals surface area contributed by atoms with Crippen molar-refractivity contribution < 1.29 is 5.11 Å². The van der Waals surface area contributed by atoms with Crippen molar-refractivity contribution in [3.8, 4) is 5.88 Å². The maximum Gasteiger partial charge on any atom is 0.330 e. The highest BCUT2D eigenvalue weighted by Crippen LogP contribution is 2.26. The first-order chi connectivity index (χ1) is 9.81. The minimum Gasteiger partial charge on any atom is -0.494 e. The van der Waals surface area contributed by atoms with Crippen LogP contribution in [-0.4, -0.2) is 20.9 Å². The first kappa shape index (κ1) is 15.2. The van der Waals surface area contributed by atoms with Gasteiger partial charge in [-0.15, -0.1) is 0 Å². The Morgan fingerprint density at radius 2 is 1.95 bits per heavy atom. The van der Waals surface area contributed by atoms with Gasteiger partial charge in [0, 0.05) is 17.7 Å². The van der Waals surface area contributed by atoms with Gasteiger partial charge in [-0.3, -0.25) is 19.3 Å². The van der Waals surface area contributed by atoms with Crippen LogP contribution in [0.25, 0.3) is 0 Å². The van der Waals surface area contributed by atoms with Crippen LogP contribution in [-0.2, 0) is 7.05 Å². The number of aliphatic imine (C=N–C) groups is 1. The van der Waals surface area contributed by atoms with Crippen molar-refractivity contribution in [3.05, 3.63) is 54.1 Å². The maximum atomic E-state index is 11.7. The van der Waals surface area contributed by atoms with Gasteiger partial charge >= 0.3 is 5.69 Å². The van der Waals surface area contributed by atoms with Crippen molar-refractivity contribution in [2.24, 2.45) is 12.0 Å². The van der Waals surface area contributed by atoms with E-state index in [-0.39, 0.29) is 5.56 Å². The number of aromatic hydroxyl groups is 1. The number of benzene rings is 1. The zero-order valence-corrected chi connectivity index (χ0v) is 13.4. The third-order valence-corrected chi connectivity index (χ3v) is 3.99. The number of aromatic nitrogens is 2. The Hall–Kier alpha value is -2.15. The van der Waals surface area contributed by atoms with Gasteiger partial charge in [0.1, 0.15) is 5.56 Å². The van der Waals surface area contributed by atoms with Crippen LogP contribution in [0.5, 0.6) is 5.88 Å². The van der Waals surface area contributed by atoms with E-state index in [0.717, 1.165) is 20.2 Å². The van der Waals surface area contributed by atoms with Crippen LogP contribution in [0.15, 0.2) is 31.2 Å². The van der Waals surface area contributed by atoms with Gasteiger partial charge in [0.15, 0.2) is 0 Å². The molecule has 0 radical (unpaired) electrons. The lowest BCUT2D eigenvalue weighted by atomic mass is 10.1. The lowest BCUT2D eigenvalue weighted by Crippen LogP contribution is -2.30. The predicted molar refractivity (Wildman–Crippen MR) is 84.8 cm³/mol. The number of rotatable bonds is 2. The Labute approximate surface area is 128 Å². The minimum absolute atomic E-state index is 0.0583. The van der Waals surface area contributed by atoms with Gasteiger partial charge in [0.2, 0.25) is 5.88 Å². The van der Waals surface area contributed by atoms with Crippen LogP contribution in [0.3, 0.4) is 0 Å². The molecule has 0 aliphatic heterocycles. The van der Waals surface area contributed by atoms with Crippen LogP contribution in [0.4, 0.5) is 5.69 Å². The molecule has 0 fully saturated rings. The number of hydrogen-bond donors (Lipinski definition) is 2. The summed E-state index contributed by atoms with van der Waals surface area (Å²) in [7, 11) is 1.36. The molecule has 6 nitrogen and oxygen atoms in total. The molecule has 1 aromatic heterocycles. The average molecular weight is 352 g/mol. The fourth-order valence-electron chi connectivity index (χ4n) is 1.78. The molecule has 0 amide bonds. The quantitative estimate of drug-likeness (QED) is 0.810. The van der Waals surface area contributed by atoms with Crippen molar-refractivity contribution >= 4 is 27.8 Å². The Bertz CT molecular complexity index is 850. The third-order valence-electron chi connectivity index (χ3n) is 3.14. The van der Waals surface area contributed by atoms with Crippen molar-refractivity contribution in [3.63, 3.8) is 0 Å². The van der Waals surface area contributed by atoms with E-state index in [9.17, 15) is 14.7 Å². The Morgan fingerprint density at radius 1 is 1.29 bits per heavy atom. The van der Waals surface area contributed by atoms with Gasteiger partial charge in [-0.2, -0.15) is 0 Å². The van der Waals surface area contributed by atoms with Crippen molar-refractivity contribution in [2.45, 2.75) is 13.8 Å². The van der Waals surface area contributed by atoms with Crippen molar-refractivity contribution in [2.75, 3.05) is 0 Å². The minimum atomic E-state index is -0.676. The molecular weight excluding hydrogens is 338 g/mol. The Morgan fingerprint density at radius 3 is 2.62 bits per heavy atom. The van der Waals surface area contributed by atoms with E-state index >= 15 is 0 Å². The summed E-state index contributed by atoms with van der Waals surface area (Å²) in [5.41, 5.74) is 1.20. The molecule has 110 valence electrons. The van der Waals surface area contributed by atoms with Gasteiger partial charge in [-0.05, 0) is 37.1 Å². The van der Waals surface area contributed by atoms with Gasteiger partial charge in [0.05, 0.1) is 5.69 Å². The van der Waals surface area contributed by atoms with E-state index in [1.165, 1.54) is 13.3 Å². The topological polar surface area (TPSA) is 87.4 Å². The molecule has 0 aliphatic carbocycles. The van der Waals surface area contributed by atoms with E-state index in [2.05, 4.69) is 25.9 Å². The molecule has 21 heavy (non-hydrogen) atoms. The Balaban J connectivity index is 2.53. The lowest BCUT2D eigenvalue weighted by Gasteiger charge is -2.05. The highest BCUT2D eigenvalue weighted by molar-refractivity contribution is 9.10. The van der Waals surface area contributed by atoms with Gasteiger partial charge in [0.25, 0.3) is 5.56 Å². The smallest absolute Gasteiger partial charge is 0.330 e. The van der Waals surface area contributed by atoms with Gasteiger partial charge < -0.3 is 5.11 Å². The molecule has 0 spiro atoms. The fraction of sp³-hybridized carbons (Fsp3) is 0.214. The molecule has 0 bridgehead atoms. The first-order valence-electron chi connectivity index (χ1n) is 6.14. The normalized spacial score (nSPS) is 11.2. The first-order valence-corrected chi connectivity index (χ1v) is 6.93. The average Bonchev–Trinajstić information content (AvgIpc) is 2.41. The molecule has 1 aromatic carbocycles. The van der Waals surface area contributed by atoms with Crippen LogP contribution in [0.2, 0.25) is 0 Å². The maximum absolute atomic E-state index is 11.7. The second-order valence-corrected chi connectivity index (χ2v) is 5.56. The van der Waals surface area contributed by atoms with Crippen LogP contribution in [0, 0.1) is 13.8 Å². The fourth-order valence-corrected chi connectivity index (χ4v) is 2.24. The molecule has 1 heterocycles. The van der Waals surface area contributed by atoms with Crippen LogP contribution < -0.4 is 11.2 Å². The summed E-state index contributed by atoms with van der Waals surface area (Å²) < 4.78 is 1.92. The van der Waals surface area contributed by atoms with E-state index < -0.39 is 17.1 Å². The summed E-state index contributed by atoms with van der Waals surface area (Å²) in [5, 5.41) is 9.85.